The second kappa shape index (κ2) is 14.9. The van der Waals surface area contributed by atoms with Crippen molar-refractivity contribution < 1.29 is 32.8 Å². The van der Waals surface area contributed by atoms with Gasteiger partial charge in [0.2, 0.25) is 0 Å². The first-order valence-electron chi connectivity index (χ1n) is 11.8. The fourth-order valence-corrected chi connectivity index (χ4v) is 6.90. The maximum Gasteiger partial charge on any atom is 2.00 e. The minimum Gasteiger partial charge on any atom is -1.00 e. The average Bonchev–Trinajstić information content (AvgIpc) is 2.89. The summed E-state index contributed by atoms with van der Waals surface area (Å²) in [6, 6.07) is 45.2. The van der Waals surface area contributed by atoms with Crippen LogP contribution in [0.2, 0.25) is 0 Å². The number of nitrogen functional groups attached to an aromatic ring is 1. The molecule has 0 unspecified atom stereocenters. The standard InChI is InChI=1S/C21H21P.C12H10N.ClH.Pd/c1-16-10-4-7-13-19(16)22(20-14-8-5-11-17(20)2)21-15-9-6-12-18(21)3;13-12-9-5-4-8-11(12)10-6-2-1-3-7-10;;/h4-15H,1-3H3;1-6,8-9H,13H2;1H;/q;-1;;+2/p-1. The van der Waals surface area contributed by atoms with Crippen molar-refractivity contribution in [1.29, 1.82) is 0 Å². The first kappa shape index (κ1) is 30.5. The van der Waals surface area contributed by atoms with Crippen LogP contribution in [0.5, 0.6) is 0 Å². The van der Waals surface area contributed by atoms with Gasteiger partial charge in [-0.1, -0.05) is 96.6 Å². The molecule has 5 aromatic rings. The first-order valence-corrected chi connectivity index (χ1v) is 13.2. The van der Waals surface area contributed by atoms with Gasteiger partial charge in [-0.2, -0.15) is 0 Å². The van der Waals surface area contributed by atoms with Crippen molar-refractivity contribution in [2.45, 2.75) is 20.8 Å². The van der Waals surface area contributed by atoms with Crippen LogP contribution in [-0.4, -0.2) is 0 Å². The molecule has 0 aliphatic rings. The molecule has 0 atom stereocenters. The molecular formula is C33H31ClNPPd. The first-order chi connectivity index (χ1) is 17.1. The van der Waals surface area contributed by atoms with Crippen molar-refractivity contribution in [3.8, 4) is 11.1 Å². The van der Waals surface area contributed by atoms with Crippen LogP contribution in [-0.2, 0) is 20.4 Å². The third-order valence-electron chi connectivity index (χ3n) is 6.03. The van der Waals surface area contributed by atoms with Crippen molar-refractivity contribution in [3.05, 3.63) is 144 Å². The molecule has 0 radical (unpaired) electrons. The van der Waals surface area contributed by atoms with Gasteiger partial charge in [-0.25, -0.2) is 0 Å². The number of rotatable bonds is 4. The zero-order chi connectivity index (χ0) is 24.6. The summed E-state index contributed by atoms with van der Waals surface area (Å²) in [5.74, 6) is 0. The third kappa shape index (κ3) is 7.64. The number of benzene rings is 5. The minimum atomic E-state index is -0.508. The van der Waals surface area contributed by atoms with E-state index in [9.17, 15) is 0 Å². The number of hydrogen-bond donors (Lipinski definition) is 1. The van der Waals surface area contributed by atoms with Gasteiger partial charge in [-0.15, -0.1) is 35.9 Å². The summed E-state index contributed by atoms with van der Waals surface area (Å²) in [6.07, 6.45) is 0. The number of aryl methyl sites for hydroxylation is 3. The third-order valence-corrected chi connectivity index (χ3v) is 8.98. The molecule has 0 aromatic heterocycles. The largest absolute Gasteiger partial charge is 2.00 e. The van der Waals surface area contributed by atoms with E-state index >= 15 is 0 Å². The van der Waals surface area contributed by atoms with E-state index in [1.165, 1.54) is 32.6 Å². The van der Waals surface area contributed by atoms with Crippen LogP contribution in [0.3, 0.4) is 0 Å². The topological polar surface area (TPSA) is 26.0 Å². The van der Waals surface area contributed by atoms with E-state index in [-0.39, 0.29) is 32.8 Å². The Hall–Kier alpha value is -2.72. The van der Waals surface area contributed by atoms with E-state index in [0.717, 1.165) is 16.8 Å². The summed E-state index contributed by atoms with van der Waals surface area (Å²) in [5.41, 5.74) is 12.8. The van der Waals surface area contributed by atoms with Gasteiger partial charge in [0, 0.05) is 0 Å². The number of para-hydroxylation sites is 1. The molecule has 0 saturated heterocycles. The molecule has 0 amide bonds. The van der Waals surface area contributed by atoms with E-state index in [0.29, 0.717) is 0 Å². The Labute approximate surface area is 243 Å². The second-order valence-corrected chi connectivity index (χ2v) is 10.7. The summed E-state index contributed by atoms with van der Waals surface area (Å²) in [5, 5.41) is 4.38. The van der Waals surface area contributed by atoms with Crippen LogP contribution in [0.15, 0.2) is 121 Å². The molecule has 5 rings (SSSR count). The fourth-order valence-electron chi connectivity index (χ4n) is 4.14. The zero-order valence-corrected chi connectivity index (χ0v) is 24.5. The Bertz CT molecular complexity index is 1300. The molecule has 0 heterocycles. The molecule has 0 aliphatic carbocycles. The summed E-state index contributed by atoms with van der Waals surface area (Å²) < 4.78 is 0. The number of anilines is 1. The van der Waals surface area contributed by atoms with E-state index in [1.807, 2.05) is 48.5 Å². The Morgan fingerprint density at radius 1 is 0.541 bits per heavy atom. The smallest absolute Gasteiger partial charge is 1.00 e. The van der Waals surface area contributed by atoms with Crippen LogP contribution >= 0.6 is 7.92 Å². The predicted molar refractivity (Wildman–Crippen MR) is 154 cm³/mol. The maximum atomic E-state index is 5.83. The van der Waals surface area contributed by atoms with Crippen LogP contribution in [0, 0.1) is 26.8 Å². The monoisotopic (exact) mass is 613 g/mol. The van der Waals surface area contributed by atoms with Crippen molar-refractivity contribution in [3.63, 3.8) is 0 Å². The number of nitrogens with two attached hydrogens (primary N) is 1. The summed E-state index contributed by atoms with van der Waals surface area (Å²) >= 11 is 0. The SMILES string of the molecule is Cc1ccccc1P(c1ccccc1C)c1ccccc1C.Nc1ccccc1-c1[c-]cccc1.[Cl-].[Pd+2]. The molecule has 2 N–H and O–H groups in total. The Balaban J connectivity index is 0.000000277. The fraction of sp³-hybridized carbons (Fsp3) is 0.0909. The average molecular weight is 614 g/mol. The zero-order valence-electron chi connectivity index (χ0n) is 21.3. The molecule has 5 aromatic carbocycles. The second-order valence-electron chi connectivity index (χ2n) is 8.56. The van der Waals surface area contributed by atoms with Crippen LogP contribution in [0.25, 0.3) is 11.1 Å². The molecule has 4 heteroatoms. The van der Waals surface area contributed by atoms with Crippen molar-refractivity contribution in [2.24, 2.45) is 0 Å². The molecule has 0 spiro atoms. The van der Waals surface area contributed by atoms with Gasteiger partial charge in [0.15, 0.2) is 0 Å². The van der Waals surface area contributed by atoms with Crippen LogP contribution in [0.4, 0.5) is 5.69 Å². The van der Waals surface area contributed by atoms with Gasteiger partial charge in [0.05, 0.1) is 0 Å². The maximum absolute atomic E-state index is 5.83. The summed E-state index contributed by atoms with van der Waals surface area (Å²) in [4.78, 5) is 0. The molecule has 0 bridgehead atoms. The van der Waals surface area contributed by atoms with Crippen molar-refractivity contribution >= 4 is 29.5 Å². The van der Waals surface area contributed by atoms with Gasteiger partial charge in [0.25, 0.3) is 0 Å². The molecule has 0 fully saturated rings. The molecule has 1 nitrogen and oxygen atoms in total. The minimum absolute atomic E-state index is 0. The van der Waals surface area contributed by atoms with E-state index in [1.54, 1.807) is 0 Å². The predicted octanol–water partition coefficient (Wildman–Crippen LogP) is 4.11. The van der Waals surface area contributed by atoms with Gasteiger partial charge in [0.1, 0.15) is 0 Å². The van der Waals surface area contributed by atoms with Gasteiger partial charge in [-0.3, -0.25) is 0 Å². The van der Waals surface area contributed by atoms with Crippen molar-refractivity contribution in [2.75, 3.05) is 5.73 Å². The van der Waals surface area contributed by atoms with Gasteiger partial charge >= 0.3 is 20.4 Å². The normalized spacial score (nSPS) is 9.95. The van der Waals surface area contributed by atoms with Crippen LogP contribution < -0.4 is 34.1 Å². The van der Waals surface area contributed by atoms with Gasteiger partial charge in [-0.05, 0) is 73.1 Å². The number of hydrogen-bond acceptors (Lipinski definition) is 1. The number of halogens is 1. The quantitative estimate of drug-likeness (QED) is 0.140. The Morgan fingerprint density at radius 2 is 0.946 bits per heavy atom. The van der Waals surface area contributed by atoms with E-state index in [4.69, 9.17) is 5.73 Å². The van der Waals surface area contributed by atoms with E-state index < -0.39 is 7.92 Å². The van der Waals surface area contributed by atoms with Gasteiger partial charge < -0.3 is 18.1 Å². The molecule has 0 saturated carbocycles. The van der Waals surface area contributed by atoms with Crippen molar-refractivity contribution in [1.82, 2.24) is 0 Å². The molecular weight excluding hydrogens is 583 g/mol. The Kier molecular flexibility index (Phi) is 12.3. The molecule has 190 valence electrons. The summed E-state index contributed by atoms with van der Waals surface area (Å²) in [7, 11) is -0.508. The molecule has 0 aliphatic heterocycles. The molecule has 37 heavy (non-hydrogen) atoms. The summed E-state index contributed by atoms with van der Waals surface area (Å²) in [6.45, 7) is 6.67. The Morgan fingerprint density at radius 3 is 1.35 bits per heavy atom. The van der Waals surface area contributed by atoms with Crippen LogP contribution in [0.1, 0.15) is 16.7 Å². The van der Waals surface area contributed by atoms with E-state index in [2.05, 4.69) is 99.6 Å².